The molecule has 0 amide bonds. The highest BCUT2D eigenvalue weighted by molar-refractivity contribution is 5.75. The van der Waals surface area contributed by atoms with Crippen molar-refractivity contribution < 1.29 is 50.3 Å². The summed E-state index contributed by atoms with van der Waals surface area (Å²) in [4.78, 5) is 3.91. The van der Waals surface area contributed by atoms with Gasteiger partial charge in [0.05, 0.1) is 18.0 Å². The van der Waals surface area contributed by atoms with Crippen molar-refractivity contribution >= 4 is 17.8 Å². The number of aliphatic hydroxyl groups is 2. The van der Waals surface area contributed by atoms with Gasteiger partial charge in [-0.15, -0.1) is 0 Å². The Bertz CT molecular complexity index is 1430. The minimum absolute atomic E-state index is 0.170. The van der Waals surface area contributed by atoms with Crippen molar-refractivity contribution in [2.75, 3.05) is 12.0 Å². The van der Waals surface area contributed by atoms with Crippen molar-refractivity contribution in [1.82, 2.24) is 0 Å². The molecule has 2 aromatic carbocycles. The molecule has 9 N–H and O–H groups in total. The molecule has 12 nitrogen and oxygen atoms in total. The van der Waals surface area contributed by atoms with Crippen molar-refractivity contribution in [3.63, 3.8) is 0 Å². The van der Waals surface area contributed by atoms with Crippen LogP contribution in [0.3, 0.4) is 0 Å². The second-order valence-electron chi connectivity index (χ2n) is 9.53. The van der Waals surface area contributed by atoms with Gasteiger partial charge in [0.25, 0.3) is 0 Å². The fourth-order valence-corrected chi connectivity index (χ4v) is 4.58. The first kappa shape index (κ1) is 31.7. The van der Waals surface area contributed by atoms with Crippen LogP contribution >= 0.6 is 0 Å². The number of aliphatic imine (C=N–C) groups is 1. The van der Waals surface area contributed by atoms with Crippen LogP contribution in [0.4, 0.5) is 11.4 Å². The summed E-state index contributed by atoms with van der Waals surface area (Å²) in [6, 6.07) is 1.82. The average Bonchev–Trinajstić information content (AvgIpc) is 2.94. The molecule has 1 aliphatic rings. The number of nitrogens with zero attached hydrogens (tertiary/aromatic N) is 1. The van der Waals surface area contributed by atoms with Gasteiger partial charge >= 0.3 is 0 Å². The molecule has 2 unspecified atom stereocenters. The fourth-order valence-electron chi connectivity index (χ4n) is 4.58. The quantitative estimate of drug-likeness (QED) is 0.0341. The molecule has 0 bridgehead atoms. The summed E-state index contributed by atoms with van der Waals surface area (Å²) >= 11 is 0. The first-order valence-corrected chi connectivity index (χ1v) is 13.0. The minimum Gasteiger partial charge on any atom is -0.507 e. The van der Waals surface area contributed by atoms with Gasteiger partial charge in [0.2, 0.25) is 0 Å². The standard InChI is InChI=1S/C30H36N2O10/c1-5-7-9-15(3)41-13-31-25-19(35)11-17(33)21(29(25)39)23-27(37)24(28(23)38)22-18(34)12-20(36)26(30(22)40)32-14-42-16(4)10-8-6-2/h5-13,23-24,27-28,32-40H,14H2,1-4H3. The number of allylic oxidation sites excluding steroid dienone is 8. The lowest BCUT2D eigenvalue weighted by atomic mass is 9.62. The van der Waals surface area contributed by atoms with Gasteiger partial charge in [-0.3, -0.25) is 0 Å². The smallest absolute Gasteiger partial charge is 0.181 e. The largest absolute Gasteiger partial charge is 0.507 e. The van der Waals surface area contributed by atoms with E-state index in [1.807, 2.05) is 13.8 Å². The van der Waals surface area contributed by atoms with E-state index in [2.05, 4.69) is 10.3 Å². The van der Waals surface area contributed by atoms with E-state index in [-0.39, 0.29) is 29.2 Å². The van der Waals surface area contributed by atoms with Crippen molar-refractivity contribution in [3.05, 3.63) is 71.2 Å². The number of ether oxygens (including phenoxy) is 2. The summed E-state index contributed by atoms with van der Waals surface area (Å²) in [5, 5.41) is 88.2. The highest BCUT2D eigenvalue weighted by Gasteiger charge is 2.54. The molecule has 3 rings (SSSR count). The predicted molar refractivity (Wildman–Crippen MR) is 156 cm³/mol. The zero-order valence-corrected chi connectivity index (χ0v) is 23.6. The Morgan fingerprint density at radius 3 is 1.88 bits per heavy atom. The van der Waals surface area contributed by atoms with Crippen LogP contribution in [0.15, 0.2) is 65.1 Å². The van der Waals surface area contributed by atoms with E-state index >= 15 is 0 Å². The average molecular weight is 585 g/mol. The van der Waals surface area contributed by atoms with Gasteiger partial charge < -0.3 is 55.6 Å². The van der Waals surface area contributed by atoms with Gasteiger partial charge in [-0.05, 0) is 39.8 Å². The van der Waals surface area contributed by atoms with Crippen molar-refractivity contribution in [2.45, 2.75) is 51.7 Å². The number of hydrogen-bond donors (Lipinski definition) is 9. The molecule has 42 heavy (non-hydrogen) atoms. The van der Waals surface area contributed by atoms with Gasteiger partial charge in [0.1, 0.15) is 40.2 Å². The monoisotopic (exact) mass is 584 g/mol. The number of benzene rings is 2. The van der Waals surface area contributed by atoms with E-state index in [0.717, 1.165) is 18.5 Å². The maximum atomic E-state index is 11.1. The molecule has 1 fully saturated rings. The van der Waals surface area contributed by atoms with E-state index in [4.69, 9.17) is 9.47 Å². The van der Waals surface area contributed by atoms with Crippen LogP contribution in [0, 0.1) is 0 Å². The second kappa shape index (κ2) is 13.7. The van der Waals surface area contributed by atoms with E-state index in [1.54, 1.807) is 50.3 Å². The highest BCUT2D eigenvalue weighted by Crippen LogP contribution is 2.59. The first-order chi connectivity index (χ1) is 19.9. The van der Waals surface area contributed by atoms with E-state index < -0.39 is 58.5 Å². The summed E-state index contributed by atoms with van der Waals surface area (Å²) in [6.45, 7) is 6.84. The summed E-state index contributed by atoms with van der Waals surface area (Å²) in [6.07, 6.45) is 8.31. The summed E-state index contributed by atoms with van der Waals surface area (Å²) in [5.74, 6) is -5.32. The van der Waals surface area contributed by atoms with Crippen LogP contribution < -0.4 is 5.32 Å². The zero-order valence-electron chi connectivity index (χ0n) is 23.6. The van der Waals surface area contributed by atoms with Crippen LogP contribution in [-0.2, 0) is 9.47 Å². The fraction of sp³-hybridized carbons (Fsp3) is 0.300. The number of hydrogen-bond acceptors (Lipinski definition) is 12. The molecule has 0 aliphatic heterocycles. The van der Waals surface area contributed by atoms with E-state index in [0.29, 0.717) is 11.5 Å². The van der Waals surface area contributed by atoms with Crippen molar-refractivity contribution in [2.24, 2.45) is 4.99 Å². The summed E-state index contributed by atoms with van der Waals surface area (Å²) < 4.78 is 10.8. The maximum absolute atomic E-state index is 11.1. The third-order valence-electron chi connectivity index (χ3n) is 6.72. The molecule has 0 radical (unpaired) electrons. The third-order valence-corrected chi connectivity index (χ3v) is 6.72. The Morgan fingerprint density at radius 2 is 1.31 bits per heavy atom. The number of phenols is 6. The second-order valence-corrected chi connectivity index (χ2v) is 9.53. The van der Waals surface area contributed by atoms with Crippen LogP contribution in [0.1, 0.15) is 50.7 Å². The third kappa shape index (κ3) is 6.56. The van der Waals surface area contributed by atoms with Gasteiger partial charge in [-0.2, -0.15) is 0 Å². The SMILES string of the molecule is CC=CC=C(C)OC=Nc1c(O)cc(O)c(C2C(O)C(c3c(O)cc(O)c(NCOC(C)=CC=CC)c3O)C2O)c1O. The van der Waals surface area contributed by atoms with Gasteiger partial charge in [0, 0.05) is 35.1 Å². The summed E-state index contributed by atoms with van der Waals surface area (Å²) in [7, 11) is 0. The van der Waals surface area contributed by atoms with Crippen LogP contribution in [0.2, 0.25) is 0 Å². The highest BCUT2D eigenvalue weighted by atomic mass is 16.5. The van der Waals surface area contributed by atoms with Gasteiger partial charge in [-0.1, -0.05) is 24.3 Å². The lowest BCUT2D eigenvalue weighted by molar-refractivity contribution is -0.0810. The molecule has 1 aliphatic carbocycles. The molecular formula is C30H36N2O10. The van der Waals surface area contributed by atoms with Crippen LogP contribution in [0.25, 0.3) is 0 Å². The predicted octanol–water partition coefficient (Wildman–Crippen LogP) is 4.55. The van der Waals surface area contributed by atoms with Crippen molar-refractivity contribution in [1.29, 1.82) is 0 Å². The molecule has 0 aromatic heterocycles. The van der Waals surface area contributed by atoms with Crippen molar-refractivity contribution in [3.8, 4) is 34.5 Å². The van der Waals surface area contributed by atoms with Gasteiger partial charge in [-0.25, -0.2) is 4.99 Å². The first-order valence-electron chi connectivity index (χ1n) is 13.0. The maximum Gasteiger partial charge on any atom is 0.181 e. The molecular weight excluding hydrogens is 548 g/mol. The molecule has 0 heterocycles. The normalized spacial score (nSPS) is 21.3. The van der Waals surface area contributed by atoms with Crippen LogP contribution in [0.5, 0.6) is 34.5 Å². The number of aromatic hydroxyl groups is 6. The Labute approximate surface area is 242 Å². The van der Waals surface area contributed by atoms with Crippen LogP contribution in [-0.4, -0.2) is 66.2 Å². The summed E-state index contributed by atoms with van der Waals surface area (Å²) in [5.41, 5.74) is -1.19. The number of aliphatic hydroxyl groups excluding tert-OH is 2. The molecule has 1 saturated carbocycles. The number of nitrogens with one attached hydrogen (secondary N) is 1. The Balaban J connectivity index is 1.90. The molecule has 2 atom stereocenters. The lowest BCUT2D eigenvalue weighted by Gasteiger charge is -2.47. The Morgan fingerprint density at radius 1 is 0.786 bits per heavy atom. The van der Waals surface area contributed by atoms with Gasteiger partial charge in [0.15, 0.2) is 24.6 Å². The topological polar surface area (TPSA) is 205 Å². The van der Waals surface area contributed by atoms with E-state index in [9.17, 15) is 40.9 Å². The lowest BCUT2D eigenvalue weighted by Crippen LogP contribution is -2.51. The molecule has 226 valence electrons. The number of anilines is 1. The minimum atomic E-state index is -1.54. The van der Waals surface area contributed by atoms with E-state index in [1.165, 1.54) is 0 Å². The zero-order chi connectivity index (χ0) is 31.1. The molecule has 12 heteroatoms. The number of phenolic OH excluding ortho intramolecular Hbond substituents is 6. The Kier molecular flexibility index (Phi) is 10.3. The molecule has 0 saturated heterocycles. The Hall–Kier alpha value is -4.81. The molecule has 2 aromatic rings. The number of rotatable bonds is 11. The molecule has 0 spiro atoms.